The molecule has 0 saturated carbocycles. The average Bonchev–Trinajstić information content (AvgIpc) is 2.46. The molecule has 0 bridgehead atoms. The van der Waals surface area contributed by atoms with Gasteiger partial charge in [-0.3, -0.25) is 10.1 Å². The molecule has 0 aliphatic carbocycles. The van der Waals surface area contributed by atoms with E-state index in [0.29, 0.717) is 6.42 Å². The molecule has 0 radical (unpaired) electrons. The maximum atomic E-state index is 12.1. The minimum absolute atomic E-state index is 0.242. The SMILES string of the molecule is CCC(C)NC(C)(Cc1ccc(OC)cc1)C(=O)OC. The van der Waals surface area contributed by atoms with Gasteiger partial charge in [-0.15, -0.1) is 0 Å². The minimum atomic E-state index is -0.723. The van der Waals surface area contributed by atoms with Crippen molar-refractivity contribution in [2.24, 2.45) is 0 Å². The highest BCUT2D eigenvalue weighted by atomic mass is 16.5. The van der Waals surface area contributed by atoms with Crippen molar-refractivity contribution in [3.8, 4) is 5.75 Å². The molecule has 4 nitrogen and oxygen atoms in total. The highest BCUT2D eigenvalue weighted by molar-refractivity contribution is 5.80. The number of esters is 1. The predicted octanol–water partition coefficient (Wildman–Crippen LogP) is 2.56. The van der Waals surface area contributed by atoms with Gasteiger partial charge in [-0.1, -0.05) is 19.1 Å². The molecule has 0 aromatic heterocycles. The fourth-order valence-electron chi connectivity index (χ4n) is 2.20. The fraction of sp³-hybridized carbons (Fsp3) is 0.562. The van der Waals surface area contributed by atoms with Crippen LogP contribution in [0.25, 0.3) is 0 Å². The molecule has 2 unspecified atom stereocenters. The lowest BCUT2D eigenvalue weighted by Gasteiger charge is -2.31. The van der Waals surface area contributed by atoms with E-state index < -0.39 is 5.54 Å². The van der Waals surface area contributed by atoms with Gasteiger partial charge >= 0.3 is 5.97 Å². The summed E-state index contributed by atoms with van der Waals surface area (Å²) in [4.78, 5) is 12.1. The molecule has 0 spiro atoms. The van der Waals surface area contributed by atoms with Crippen molar-refractivity contribution in [2.45, 2.75) is 45.2 Å². The normalized spacial score (nSPS) is 15.2. The maximum absolute atomic E-state index is 12.1. The van der Waals surface area contributed by atoms with Gasteiger partial charge < -0.3 is 9.47 Å². The highest BCUT2D eigenvalue weighted by Gasteiger charge is 2.35. The van der Waals surface area contributed by atoms with Gasteiger partial charge in [0.2, 0.25) is 0 Å². The zero-order valence-corrected chi connectivity index (χ0v) is 13.0. The first-order valence-electron chi connectivity index (χ1n) is 6.94. The van der Waals surface area contributed by atoms with E-state index in [0.717, 1.165) is 17.7 Å². The van der Waals surface area contributed by atoms with Crippen LogP contribution in [0.4, 0.5) is 0 Å². The lowest BCUT2D eigenvalue weighted by atomic mass is 9.91. The summed E-state index contributed by atoms with van der Waals surface area (Å²) in [5, 5.41) is 3.37. The van der Waals surface area contributed by atoms with Crippen molar-refractivity contribution in [1.29, 1.82) is 0 Å². The second kappa shape index (κ2) is 7.29. The number of carbonyl (C=O) groups is 1. The molecule has 0 aliphatic heterocycles. The number of methoxy groups -OCH3 is 2. The molecular weight excluding hydrogens is 254 g/mol. The third kappa shape index (κ3) is 4.23. The van der Waals surface area contributed by atoms with E-state index in [9.17, 15) is 4.79 Å². The Kier molecular flexibility index (Phi) is 6.02. The number of ether oxygens (including phenoxy) is 2. The van der Waals surface area contributed by atoms with Crippen molar-refractivity contribution < 1.29 is 14.3 Å². The Morgan fingerprint density at radius 2 is 1.90 bits per heavy atom. The molecule has 0 amide bonds. The summed E-state index contributed by atoms with van der Waals surface area (Å²) < 4.78 is 10.1. The highest BCUT2D eigenvalue weighted by Crippen LogP contribution is 2.19. The van der Waals surface area contributed by atoms with E-state index in [1.54, 1.807) is 7.11 Å². The Morgan fingerprint density at radius 3 is 2.35 bits per heavy atom. The Balaban J connectivity index is 2.90. The summed E-state index contributed by atoms with van der Waals surface area (Å²) in [5.74, 6) is 0.567. The van der Waals surface area contributed by atoms with Crippen molar-refractivity contribution in [2.75, 3.05) is 14.2 Å². The van der Waals surface area contributed by atoms with E-state index >= 15 is 0 Å². The number of hydrogen-bond donors (Lipinski definition) is 1. The van der Waals surface area contributed by atoms with Gasteiger partial charge in [-0.05, 0) is 38.0 Å². The van der Waals surface area contributed by atoms with E-state index in [2.05, 4.69) is 19.2 Å². The molecule has 0 aliphatic rings. The quantitative estimate of drug-likeness (QED) is 0.779. The Hall–Kier alpha value is -1.55. The van der Waals surface area contributed by atoms with Crippen LogP contribution in [0.5, 0.6) is 5.75 Å². The average molecular weight is 279 g/mol. The first-order chi connectivity index (χ1) is 9.45. The third-order valence-corrected chi connectivity index (χ3v) is 3.53. The van der Waals surface area contributed by atoms with Crippen molar-refractivity contribution in [1.82, 2.24) is 5.32 Å². The Morgan fingerprint density at radius 1 is 1.30 bits per heavy atom. The van der Waals surface area contributed by atoms with Gasteiger partial charge in [-0.25, -0.2) is 0 Å². The molecule has 112 valence electrons. The lowest BCUT2D eigenvalue weighted by Crippen LogP contribution is -2.55. The number of benzene rings is 1. The fourth-order valence-corrected chi connectivity index (χ4v) is 2.20. The molecular formula is C16H25NO3. The first kappa shape index (κ1) is 16.5. The van der Waals surface area contributed by atoms with Crippen LogP contribution in [0.2, 0.25) is 0 Å². The Labute approximate surface area is 121 Å². The number of hydrogen-bond acceptors (Lipinski definition) is 4. The van der Waals surface area contributed by atoms with Crippen molar-refractivity contribution in [3.63, 3.8) is 0 Å². The van der Waals surface area contributed by atoms with Crippen molar-refractivity contribution in [3.05, 3.63) is 29.8 Å². The van der Waals surface area contributed by atoms with Crippen molar-refractivity contribution >= 4 is 5.97 Å². The molecule has 4 heteroatoms. The van der Waals surface area contributed by atoms with Gasteiger partial charge in [0.05, 0.1) is 14.2 Å². The molecule has 1 N–H and O–H groups in total. The van der Waals surface area contributed by atoms with E-state index in [1.807, 2.05) is 31.2 Å². The first-order valence-corrected chi connectivity index (χ1v) is 6.94. The standard InChI is InChI=1S/C16H25NO3/c1-6-12(2)17-16(3,15(18)20-5)11-13-7-9-14(19-4)10-8-13/h7-10,12,17H,6,11H2,1-5H3. The topological polar surface area (TPSA) is 47.6 Å². The molecule has 2 atom stereocenters. The summed E-state index contributed by atoms with van der Waals surface area (Å²) in [6, 6.07) is 7.99. The van der Waals surface area contributed by atoms with Gasteiger partial charge in [0, 0.05) is 12.5 Å². The smallest absolute Gasteiger partial charge is 0.326 e. The molecule has 1 aromatic carbocycles. The molecule has 1 rings (SSSR count). The summed E-state index contributed by atoms with van der Waals surface area (Å²) in [6.45, 7) is 6.03. The molecule has 0 heterocycles. The summed E-state index contributed by atoms with van der Waals surface area (Å²) in [6.07, 6.45) is 1.53. The van der Waals surface area contributed by atoms with Crippen LogP contribution < -0.4 is 10.1 Å². The molecule has 20 heavy (non-hydrogen) atoms. The van der Waals surface area contributed by atoms with E-state index in [1.165, 1.54) is 7.11 Å². The number of nitrogens with one attached hydrogen (secondary N) is 1. The molecule has 0 saturated heterocycles. The largest absolute Gasteiger partial charge is 0.497 e. The summed E-state index contributed by atoms with van der Waals surface area (Å²) >= 11 is 0. The van der Waals surface area contributed by atoms with Gasteiger partial charge in [-0.2, -0.15) is 0 Å². The second-order valence-corrected chi connectivity index (χ2v) is 5.30. The van der Waals surface area contributed by atoms with E-state index in [4.69, 9.17) is 9.47 Å². The maximum Gasteiger partial charge on any atom is 0.326 e. The third-order valence-electron chi connectivity index (χ3n) is 3.53. The summed E-state index contributed by atoms with van der Waals surface area (Å²) in [7, 11) is 3.06. The second-order valence-electron chi connectivity index (χ2n) is 5.30. The van der Waals surface area contributed by atoms with Crippen LogP contribution in [-0.4, -0.2) is 31.8 Å². The zero-order chi connectivity index (χ0) is 15.2. The monoisotopic (exact) mass is 279 g/mol. The summed E-state index contributed by atoms with van der Waals surface area (Å²) in [5.41, 5.74) is 0.341. The molecule has 1 aromatic rings. The lowest BCUT2D eigenvalue weighted by molar-refractivity contribution is -0.148. The number of rotatable bonds is 7. The van der Waals surface area contributed by atoms with Crippen LogP contribution in [0, 0.1) is 0 Å². The Bertz CT molecular complexity index is 430. The zero-order valence-electron chi connectivity index (χ0n) is 13.0. The van der Waals surface area contributed by atoms with Gasteiger partial charge in [0.1, 0.15) is 11.3 Å². The van der Waals surface area contributed by atoms with Gasteiger partial charge in [0.25, 0.3) is 0 Å². The molecule has 0 fully saturated rings. The minimum Gasteiger partial charge on any atom is -0.497 e. The van der Waals surface area contributed by atoms with Gasteiger partial charge in [0.15, 0.2) is 0 Å². The van der Waals surface area contributed by atoms with Crippen LogP contribution in [0.15, 0.2) is 24.3 Å². The van der Waals surface area contributed by atoms with E-state index in [-0.39, 0.29) is 12.0 Å². The van der Waals surface area contributed by atoms with Crippen LogP contribution in [-0.2, 0) is 16.0 Å². The van der Waals surface area contributed by atoms with Crippen LogP contribution in [0.1, 0.15) is 32.8 Å². The van der Waals surface area contributed by atoms with Crippen LogP contribution in [0.3, 0.4) is 0 Å². The predicted molar refractivity (Wildman–Crippen MR) is 80.0 cm³/mol. The number of carbonyl (C=O) groups excluding carboxylic acids is 1. The van der Waals surface area contributed by atoms with Crippen LogP contribution >= 0.6 is 0 Å².